The first kappa shape index (κ1) is 30.3. The van der Waals surface area contributed by atoms with Gasteiger partial charge in [-0.3, -0.25) is 0 Å². The summed E-state index contributed by atoms with van der Waals surface area (Å²) >= 11 is 14.0. The third-order valence-electron chi connectivity index (χ3n) is 8.44. The van der Waals surface area contributed by atoms with Gasteiger partial charge in [0.1, 0.15) is 11.4 Å². The van der Waals surface area contributed by atoms with E-state index in [0.29, 0.717) is 22.2 Å². The van der Waals surface area contributed by atoms with Crippen LogP contribution in [0.15, 0.2) is 120 Å². The summed E-state index contributed by atoms with van der Waals surface area (Å²) in [6, 6.07) is 33.6. The maximum Gasteiger partial charge on any atom is 0.207 e. The number of aromatic nitrogens is 6. The zero-order valence-corrected chi connectivity index (χ0v) is 28.3. The van der Waals surface area contributed by atoms with Crippen molar-refractivity contribution >= 4 is 45.4 Å². The first-order valence-electron chi connectivity index (χ1n) is 15.4. The van der Waals surface area contributed by atoms with Crippen molar-refractivity contribution in [2.75, 3.05) is 5.01 Å². The van der Waals surface area contributed by atoms with Crippen molar-refractivity contribution in [1.82, 2.24) is 29.8 Å². The van der Waals surface area contributed by atoms with E-state index in [-0.39, 0.29) is 6.04 Å². The molecule has 0 saturated carbocycles. The van der Waals surface area contributed by atoms with Gasteiger partial charge >= 0.3 is 0 Å². The fraction of sp³-hybridized carbons (Fsp3) is 0.108. The topological polar surface area (TPSA) is 77.0 Å². The van der Waals surface area contributed by atoms with Crippen LogP contribution in [0.3, 0.4) is 0 Å². The van der Waals surface area contributed by atoms with Crippen LogP contribution < -0.4 is 5.01 Å². The number of hydrogen-bond donors (Lipinski definition) is 0. The normalized spacial score (nSPS) is 14.5. The number of aryl methyl sites for hydroxylation is 1. The first-order chi connectivity index (χ1) is 23.4. The predicted octanol–water partition coefficient (Wildman–Crippen LogP) is 9.52. The van der Waals surface area contributed by atoms with Gasteiger partial charge in [-0.25, -0.2) is 19.4 Å². The monoisotopic (exact) mass is 686 g/mol. The lowest BCUT2D eigenvalue weighted by Crippen LogP contribution is -2.18. The van der Waals surface area contributed by atoms with Gasteiger partial charge in [0.25, 0.3) is 0 Å². The molecule has 1 aliphatic heterocycles. The van der Waals surface area contributed by atoms with Crippen LogP contribution in [0, 0.1) is 13.8 Å². The van der Waals surface area contributed by atoms with Crippen LogP contribution in [-0.2, 0) is 0 Å². The minimum atomic E-state index is -0.226. The van der Waals surface area contributed by atoms with E-state index in [1.165, 1.54) is 5.56 Å². The zero-order valence-electron chi connectivity index (χ0n) is 26.0. The van der Waals surface area contributed by atoms with Crippen LogP contribution in [0.4, 0.5) is 5.13 Å². The van der Waals surface area contributed by atoms with Crippen LogP contribution in [0.2, 0.25) is 10.0 Å². The highest BCUT2D eigenvalue weighted by Crippen LogP contribution is 2.43. The molecule has 1 aliphatic rings. The summed E-state index contributed by atoms with van der Waals surface area (Å²) in [4.78, 5) is 5.06. The van der Waals surface area contributed by atoms with Gasteiger partial charge in [0.2, 0.25) is 5.13 Å². The van der Waals surface area contributed by atoms with Crippen molar-refractivity contribution in [1.29, 1.82) is 0 Å². The molecular formula is C37H28Cl2N8S. The summed E-state index contributed by atoms with van der Waals surface area (Å²) in [7, 11) is 0. The number of para-hydroxylation sites is 1. The molecule has 8 nitrogen and oxygen atoms in total. The Bertz CT molecular complexity index is 2250. The third-order valence-corrected chi connectivity index (χ3v) is 9.77. The Morgan fingerprint density at radius 2 is 1.44 bits per heavy atom. The van der Waals surface area contributed by atoms with E-state index in [0.717, 1.165) is 56.0 Å². The molecule has 7 aromatic rings. The number of rotatable bonds is 7. The summed E-state index contributed by atoms with van der Waals surface area (Å²) in [5.41, 5.74) is 10.1. The number of thiazole rings is 1. The van der Waals surface area contributed by atoms with Crippen molar-refractivity contribution < 1.29 is 0 Å². The molecule has 1 atom stereocenters. The van der Waals surface area contributed by atoms with Crippen molar-refractivity contribution in [3.8, 4) is 34.0 Å². The van der Waals surface area contributed by atoms with E-state index in [4.69, 9.17) is 43.5 Å². The maximum absolute atomic E-state index is 6.26. The van der Waals surface area contributed by atoms with E-state index in [9.17, 15) is 0 Å². The van der Waals surface area contributed by atoms with E-state index < -0.39 is 0 Å². The molecule has 0 fully saturated rings. The minimum Gasteiger partial charge on any atom is -0.240 e. The molecule has 4 heterocycles. The van der Waals surface area contributed by atoms with Crippen LogP contribution in [0.1, 0.15) is 34.8 Å². The molecule has 3 aromatic heterocycles. The summed E-state index contributed by atoms with van der Waals surface area (Å²) in [5.74, 6) is 0. The lowest BCUT2D eigenvalue weighted by Gasteiger charge is -2.20. The fourth-order valence-electron chi connectivity index (χ4n) is 5.88. The number of benzene rings is 4. The van der Waals surface area contributed by atoms with Gasteiger partial charge in [0, 0.05) is 39.2 Å². The Morgan fingerprint density at radius 3 is 2.15 bits per heavy atom. The molecule has 8 rings (SSSR count). The molecule has 0 spiro atoms. The molecule has 0 N–H and O–H groups in total. The molecule has 0 radical (unpaired) electrons. The molecule has 0 amide bonds. The van der Waals surface area contributed by atoms with Gasteiger partial charge < -0.3 is 0 Å². The number of hydrazone groups is 1. The van der Waals surface area contributed by atoms with E-state index >= 15 is 0 Å². The Labute approximate surface area is 291 Å². The highest BCUT2D eigenvalue weighted by molar-refractivity contribution is 7.14. The second-order valence-electron chi connectivity index (χ2n) is 11.6. The summed E-state index contributed by atoms with van der Waals surface area (Å²) < 4.78 is 3.77. The number of halogens is 2. The van der Waals surface area contributed by atoms with E-state index in [1.54, 1.807) is 11.3 Å². The van der Waals surface area contributed by atoms with Crippen LogP contribution in [0.25, 0.3) is 34.0 Å². The molecule has 236 valence electrons. The highest BCUT2D eigenvalue weighted by Gasteiger charge is 2.36. The van der Waals surface area contributed by atoms with Gasteiger partial charge in [0.15, 0.2) is 0 Å². The third kappa shape index (κ3) is 5.70. The van der Waals surface area contributed by atoms with E-state index in [1.807, 2.05) is 100 Å². The lowest BCUT2D eigenvalue weighted by atomic mass is 9.97. The molecule has 11 heteroatoms. The summed E-state index contributed by atoms with van der Waals surface area (Å²) in [6.07, 6.45) is 2.71. The largest absolute Gasteiger partial charge is 0.240 e. The summed E-state index contributed by atoms with van der Waals surface area (Å²) in [6.45, 7) is 4.10. The average Bonchev–Trinajstić information content (AvgIpc) is 3.92. The number of nitrogens with zero attached hydrogens (tertiary/aromatic N) is 8. The van der Waals surface area contributed by atoms with Crippen molar-refractivity contribution in [3.63, 3.8) is 0 Å². The van der Waals surface area contributed by atoms with Gasteiger partial charge in [-0.15, -0.1) is 16.4 Å². The van der Waals surface area contributed by atoms with Crippen molar-refractivity contribution in [3.05, 3.63) is 147 Å². The van der Waals surface area contributed by atoms with Crippen LogP contribution in [-0.4, -0.2) is 35.5 Å². The lowest BCUT2D eigenvalue weighted by molar-refractivity contribution is 0.707. The number of hydrogen-bond acceptors (Lipinski definition) is 7. The SMILES string of the molecule is Cc1ccc(-n2nnc(-c3nn(-c4ccccc4)cc3C3CC(c4ccc(Cl)cc4)=NN3c3nc(-c4ccc(Cl)cc4)cs3)c2C)cc1. The molecular weight excluding hydrogens is 659 g/mol. The maximum atomic E-state index is 6.26. The predicted molar refractivity (Wildman–Crippen MR) is 194 cm³/mol. The fourth-order valence-corrected chi connectivity index (χ4v) is 6.96. The minimum absolute atomic E-state index is 0.226. The quantitative estimate of drug-likeness (QED) is 0.167. The number of anilines is 1. The van der Waals surface area contributed by atoms with Crippen molar-refractivity contribution in [2.45, 2.75) is 26.3 Å². The molecule has 1 unspecified atom stereocenters. The van der Waals surface area contributed by atoms with Gasteiger partial charge in [-0.05, 0) is 67.9 Å². The zero-order chi connectivity index (χ0) is 32.8. The second-order valence-corrected chi connectivity index (χ2v) is 13.3. The van der Waals surface area contributed by atoms with E-state index in [2.05, 4.69) is 48.0 Å². The Balaban J connectivity index is 1.26. The average molecular weight is 688 g/mol. The molecule has 0 bridgehead atoms. The Hall–Kier alpha value is -5.09. The molecule has 48 heavy (non-hydrogen) atoms. The van der Waals surface area contributed by atoms with Crippen LogP contribution >= 0.6 is 34.5 Å². The molecule has 4 aromatic carbocycles. The Morgan fingerprint density at radius 1 is 0.750 bits per heavy atom. The standard InChI is InChI=1S/C37H28Cl2N8S/c1-23-8-18-30(19-9-23)46-24(2)35(41-44-46)36-31(21-45(43-36)29-6-4-3-5-7-29)34-20-32(25-10-14-27(38)15-11-25)42-47(34)37-40-33(22-48-37)26-12-16-28(39)17-13-26/h3-19,21-22,34H,20H2,1-2H3. The highest BCUT2D eigenvalue weighted by atomic mass is 35.5. The molecule has 0 saturated heterocycles. The van der Waals surface area contributed by atoms with Gasteiger partial charge in [0.05, 0.1) is 34.5 Å². The van der Waals surface area contributed by atoms with Gasteiger partial charge in [-0.1, -0.05) is 88.6 Å². The molecule has 0 aliphatic carbocycles. The Kier molecular flexibility index (Phi) is 7.88. The second kappa shape index (κ2) is 12.5. The van der Waals surface area contributed by atoms with Crippen LogP contribution in [0.5, 0.6) is 0 Å². The smallest absolute Gasteiger partial charge is 0.207 e. The first-order valence-corrected chi connectivity index (χ1v) is 17.0. The van der Waals surface area contributed by atoms with Crippen molar-refractivity contribution in [2.24, 2.45) is 5.10 Å². The van der Waals surface area contributed by atoms with Gasteiger partial charge in [-0.2, -0.15) is 10.2 Å². The summed E-state index contributed by atoms with van der Waals surface area (Å²) in [5, 5.41) is 25.8.